The predicted octanol–water partition coefficient (Wildman–Crippen LogP) is -0.205. The van der Waals surface area contributed by atoms with E-state index in [1.54, 1.807) is 6.08 Å². The van der Waals surface area contributed by atoms with Crippen molar-refractivity contribution in [2.24, 2.45) is 5.73 Å². The summed E-state index contributed by atoms with van der Waals surface area (Å²) >= 11 is 0. The number of nitrogens with one attached hydrogen (secondary N) is 1. The summed E-state index contributed by atoms with van der Waals surface area (Å²) < 4.78 is 5.03. The van der Waals surface area contributed by atoms with E-state index in [9.17, 15) is 4.79 Å². The largest absolute Gasteiger partial charge is 0.378 e. The molecule has 0 atom stereocenters. The van der Waals surface area contributed by atoms with Crippen LogP contribution >= 0.6 is 0 Å². The number of hydrogen-bond donors (Lipinski definition) is 2. The first kappa shape index (κ1) is 10.2. The van der Waals surface area contributed by atoms with Crippen LogP contribution in [0.25, 0.3) is 0 Å². The molecule has 4 nitrogen and oxygen atoms in total. The molecule has 3 N–H and O–H groups in total. The van der Waals surface area contributed by atoms with Gasteiger partial charge in [-0.1, -0.05) is 6.08 Å². The highest BCUT2D eigenvalue weighted by molar-refractivity contribution is 5.85. The second-order valence-electron chi connectivity index (χ2n) is 3.84. The van der Waals surface area contributed by atoms with E-state index < -0.39 is 5.91 Å². The molecule has 0 aromatic rings. The Labute approximate surface area is 78.1 Å². The summed E-state index contributed by atoms with van der Waals surface area (Å²) in [6, 6.07) is 0.396. The van der Waals surface area contributed by atoms with Gasteiger partial charge < -0.3 is 15.8 Å². The van der Waals surface area contributed by atoms with Crippen molar-refractivity contribution in [2.75, 3.05) is 13.2 Å². The topological polar surface area (TPSA) is 64.4 Å². The van der Waals surface area contributed by atoms with Gasteiger partial charge in [-0.15, -0.1) is 0 Å². The fourth-order valence-corrected chi connectivity index (χ4v) is 1.18. The van der Waals surface area contributed by atoms with Crippen molar-refractivity contribution >= 4 is 5.91 Å². The molecule has 0 aromatic carbocycles. The predicted molar refractivity (Wildman–Crippen MR) is 50.2 cm³/mol. The summed E-state index contributed by atoms with van der Waals surface area (Å²) in [7, 11) is 0. The van der Waals surface area contributed by atoms with Crippen LogP contribution in [-0.2, 0) is 9.53 Å². The third-order valence-corrected chi connectivity index (χ3v) is 1.88. The molecule has 0 bridgehead atoms. The Kier molecular flexibility index (Phi) is 3.06. The number of carbonyl (C=O) groups excluding carboxylic acids is 1. The SMILES string of the molecule is CC(C)(/C=C/C(N)=O)NC1COC1. The smallest absolute Gasteiger partial charge is 0.241 e. The van der Waals surface area contributed by atoms with Crippen LogP contribution in [0.2, 0.25) is 0 Å². The lowest BCUT2D eigenvalue weighted by atomic mass is 10.0. The van der Waals surface area contributed by atoms with Gasteiger partial charge in [0, 0.05) is 11.6 Å². The average molecular weight is 184 g/mol. The van der Waals surface area contributed by atoms with Crippen LogP contribution < -0.4 is 11.1 Å². The fourth-order valence-electron chi connectivity index (χ4n) is 1.18. The van der Waals surface area contributed by atoms with Crippen molar-refractivity contribution in [1.82, 2.24) is 5.32 Å². The maximum atomic E-state index is 10.5. The molecule has 0 unspecified atom stereocenters. The monoisotopic (exact) mass is 184 g/mol. The highest BCUT2D eigenvalue weighted by atomic mass is 16.5. The van der Waals surface area contributed by atoms with E-state index in [1.807, 2.05) is 13.8 Å². The summed E-state index contributed by atoms with van der Waals surface area (Å²) in [5.74, 6) is -0.417. The Hall–Kier alpha value is -0.870. The Balaban J connectivity index is 2.39. The summed E-state index contributed by atoms with van der Waals surface area (Å²) in [5.41, 5.74) is 4.79. The molecule has 1 aliphatic heterocycles. The lowest BCUT2D eigenvalue weighted by molar-refractivity contribution is -0.113. The van der Waals surface area contributed by atoms with Gasteiger partial charge >= 0.3 is 0 Å². The van der Waals surface area contributed by atoms with Crippen molar-refractivity contribution in [1.29, 1.82) is 0 Å². The van der Waals surface area contributed by atoms with E-state index in [2.05, 4.69) is 5.32 Å². The number of amides is 1. The number of primary amides is 1. The first-order valence-corrected chi connectivity index (χ1v) is 4.34. The molecule has 0 saturated carbocycles. The van der Waals surface area contributed by atoms with Gasteiger partial charge in [-0.05, 0) is 13.8 Å². The van der Waals surface area contributed by atoms with Crippen LogP contribution in [0, 0.1) is 0 Å². The Morgan fingerprint density at radius 3 is 2.62 bits per heavy atom. The molecule has 1 amide bonds. The van der Waals surface area contributed by atoms with Crippen LogP contribution in [0.15, 0.2) is 12.2 Å². The van der Waals surface area contributed by atoms with Gasteiger partial charge in [0.2, 0.25) is 5.91 Å². The van der Waals surface area contributed by atoms with Gasteiger partial charge in [-0.2, -0.15) is 0 Å². The molecule has 0 radical (unpaired) electrons. The Morgan fingerprint density at radius 2 is 2.23 bits per heavy atom. The lowest BCUT2D eigenvalue weighted by Gasteiger charge is -2.34. The number of nitrogens with two attached hydrogens (primary N) is 1. The molecule has 0 spiro atoms. The van der Waals surface area contributed by atoms with Crippen molar-refractivity contribution in [3.05, 3.63) is 12.2 Å². The molecule has 74 valence electrons. The lowest BCUT2D eigenvalue weighted by Crippen LogP contribution is -2.54. The molecule has 1 saturated heterocycles. The molecule has 1 heterocycles. The second kappa shape index (κ2) is 3.89. The minimum absolute atomic E-state index is 0.205. The highest BCUT2D eigenvalue weighted by Crippen LogP contribution is 2.10. The highest BCUT2D eigenvalue weighted by Gasteiger charge is 2.24. The average Bonchev–Trinajstić information content (AvgIpc) is 1.94. The molecular formula is C9H16N2O2. The molecular weight excluding hydrogens is 168 g/mol. The third kappa shape index (κ3) is 3.57. The number of carbonyl (C=O) groups is 1. The van der Waals surface area contributed by atoms with Gasteiger partial charge in [-0.25, -0.2) is 0 Å². The number of ether oxygens (including phenoxy) is 1. The molecule has 0 aromatic heterocycles. The minimum atomic E-state index is -0.417. The molecule has 1 aliphatic rings. The zero-order chi connectivity index (χ0) is 9.90. The molecule has 0 aliphatic carbocycles. The van der Waals surface area contributed by atoms with Crippen molar-refractivity contribution in [2.45, 2.75) is 25.4 Å². The van der Waals surface area contributed by atoms with E-state index in [4.69, 9.17) is 10.5 Å². The maximum Gasteiger partial charge on any atom is 0.241 e. The minimum Gasteiger partial charge on any atom is -0.378 e. The van der Waals surface area contributed by atoms with Crippen molar-refractivity contribution < 1.29 is 9.53 Å². The van der Waals surface area contributed by atoms with E-state index in [0.717, 1.165) is 13.2 Å². The zero-order valence-electron chi connectivity index (χ0n) is 8.04. The quantitative estimate of drug-likeness (QED) is 0.594. The van der Waals surface area contributed by atoms with Crippen LogP contribution in [0.3, 0.4) is 0 Å². The summed E-state index contributed by atoms with van der Waals surface area (Å²) in [4.78, 5) is 10.5. The first-order valence-electron chi connectivity index (χ1n) is 4.34. The van der Waals surface area contributed by atoms with Crippen LogP contribution in [0.1, 0.15) is 13.8 Å². The zero-order valence-corrected chi connectivity index (χ0v) is 8.04. The van der Waals surface area contributed by atoms with E-state index in [0.29, 0.717) is 6.04 Å². The molecule has 4 heteroatoms. The van der Waals surface area contributed by atoms with Crippen LogP contribution in [0.5, 0.6) is 0 Å². The van der Waals surface area contributed by atoms with Crippen molar-refractivity contribution in [3.8, 4) is 0 Å². The van der Waals surface area contributed by atoms with Gasteiger partial charge in [0.15, 0.2) is 0 Å². The Morgan fingerprint density at radius 1 is 1.62 bits per heavy atom. The summed E-state index contributed by atoms with van der Waals surface area (Å²) in [5, 5.41) is 3.33. The number of rotatable bonds is 4. The van der Waals surface area contributed by atoms with Gasteiger partial charge in [0.1, 0.15) is 0 Å². The summed E-state index contributed by atoms with van der Waals surface area (Å²) in [6.45, 7) is 5.47. The second-order valence-corrected chi connectivity index (χ2v) is 3.84. The molecule has 1 fully saturated rings. The third-order valence-electron chi connectivity index (χ3n) is 1.88. The fraction of sp³-hybridized carbons (Fsp3) is 0.667. The van der Waals surface area contributed by atoms with Crippen LogP contribution in [-0.4, -0.2) is 30.7 Å². The number of hydrogen-bond acceptors (Lipinski definition) is 3. The maximum absolute atomic E-state index is 10.5. The van der Waals surface area contributed by atoms with Gasteiger partial charge in [0.05, 0.1) is 19.3 Å². The van der Waals surface area contributed by atoms with Gasteiger partial charge in [0.25, 0.3) is 0 Å². The van der Waals surface area contributed by atoms with E-state index in [-0.39, 0.29) is 5.54 Å². The normalized spacial score (nSPS) is 18.9. The van der Waals surface area contributed by atoms with Crippen LogP contribution in [0.4, 0.5) is 0 Å². The molecule has 1 rings (SSSR count). The molecule has 13 heavy (non-hydrogen) atoms. The van der Waals surface area contributed by atoms with E-state index in [1.165, 1.54) is 6.08 Å². The van der Waals surface area contributed by atoms with Crippen molar-refractivity contribution in [3.63, 3.8) is 0 Å². The Bertz CT molecular complexity index is 220. The van der Waals surface area contributed by atoms with Gasteiger partial charge in [-0.3, -0.25) is 4.79 Å². The standard InChI is InChI=1S/C9H16N2O2/c1-9(2,4-3-8(10)12)11-7-5-13-6-7/h3-4,7,11H,5-6H2,1-2H3,(H2,10,12)/b4-3+. The van der Waals surface area contributed by atoms with E-state index >= 15 is 0 Å². The summed E-state index contributed by atoms with van der Waals surface area (Å²) in [6.07, 6.45) is 3.15. The first-order chi connectivity index (χ1) is 5.99.